The van der Waals surface area contributed by atoms with Crippen LogP contribution in [0.4, 0.5) is 17.1 Å². The molecular weight excluding hydrogens is 286 g/mol. The van der Waals surface area contributed by atoms with E-state index in [0.717, 1.165) is 33.1 Å². The third kappa shape index (κ3) is 3.11. The van der Waals surface area contributed by atoms with Crippen molar-refractivity contribution in [1.29, 1.82) is 0 Å². The van der Waals surface area contributed by atoms with E-state index in [4.69, 9.17) is 0 Å². The molecule has 0 unspecified atom stereocenters. The summed E-state index contributed by atoms with van der Waals surface area (Å²) in [5.41, 5.74) is -1.70. The Morgan fingerprint density at radius 3 is 1.67 bits per heavy atom. The number of carbonyl (C=O) groups excluding carboxylic acids is 2. The number of ether oxygens (including phenoxy) is 1. The molecule has 112 valence electrons. The third-order valence-electron chi connectivity index (χ3n) is 2.52. The molecule has 0 aliphatic carbocycles. The van der Waals surface area contributed by atoms with E-state index in [1.807, 2.05) is 0 Å². The highest BCUT2D eigenvalue weighted by molar-refractivity contribution is 6.13. The summed E-state index contributed by atoms with van der Waals surface area (Å²) in [5, 5.41) is 22.0. The summed E-state index contributed by atoms with van der Waals surface area (Å²) in [4.78, 5) is 43.6. The lowest BCUT2D eigenvalue weighted by Gasteiger charge is -2.17. The van der Waals surface area contributed by atoms with Gasteiger partial charge in [0.1, 0.15) is 0 Å². The van der Waals surface area contributed by atoms with E-state index in [-0.39, 0.29) is 5.69 Å². The second-order valence-electron chi connectivity index (χ2n) is 3.90. The Bertz CT molecular complexity index is 592. The average molecular weight is 297 g/mol. The Labute approximate surface area is 118 Å². The molecule has 21 heavy (non-hydrogen) atoms. The zero-order chi connectivity index (χ0) is 16.3. The SMILES string of the molecule is COc1c([N+](=O)[O-])cc(N(C(C)=O)C(C)=O)cc1[N+](=O)[O-]. The first-order valence-corrected chi connectivity index (χ1v) is 5.52. The number of anilines is 1. The number of methoxy groups -OCH3 is 1. The molecule has 0 heterocycles. The normalized spacial score (nSPS) is 9.86. The molecule has 0 N–H and O–H groups in total. The molecule has 1 aromatic rings. The van der Waals surface area contributed by atoms with Gasteiger partial charge in [-0.15, -0.1) is 0 Å². The van der Waals surface area contributed by atoms with Gasteiger partial charge in [-0.05, 0) is 0 Å². The van der Waals surface area contributed by atoms with Gasteiger partial charge in [0.2, 0.25) is 11.8 Å². The van der Waals surface area contributed by atoms with Crippen LogP contribution in [0.5, 0.6) is 5.75 Å². The van der Waals surface area contributed by atoms with Crippen molar-refractivity contribution < 1.29 is 24.2 Å². The molecule has 1 aromatic carbocycles. The molecule has 0 fully saturated rings. The van der Waals surface area contributed by atoms with Crippen LogP contribution < -0.4 is 9.64 Å². The van der Waals surface area contributed by atoms with E-state index in [2.05, 4.69) is 4.74 Å². The van der Waals surface area contributed by atoms with E-state index in [0.29, 0.717) is 4.90 Å². The van der Waals surface area contributed by atoms with Gasteiger partial charge in [0.15, 0.2) is 0 Å². The van der Waals surface area contributed by atoms with Gasteiger partial charge in [0.05, 0.1) is 22.6 Å². The van der Waals surface area contributed by atoms with E-state index < -0.39 is 38.8 Å². The molecule has 10 heteroatoms. The van der Waals surface area contributed by atoms with Gasteiger partial charge >= 0.3 is 11.4 Å². The summed E-state index contributed by atoms with van der Waals surface area (Å²) in [7, 11) is 1.04. The number of imide groups is 1. The second kappa shape index (κ2) is 5.94. The highest BCUT2D eigenvalue weighted by Gasteiger charge is 2.31. The van der Waals surface area contributed by atoms with Crippen LogP contribution in [0.2, 0.25) is 0 Å². The van der Waals surface area contributed by atoms with Crippen LogP contribution >= 0.6 is 0 Å². The summed E-state index contributed by atoms with van der Waals surface area (Å²) in [6.07, 6.45) is 0. The van der Waals surface area contributed by atoms with E-state index >= 15 is 0 Å². The zero-order valence-electron chi connectivity index (χ0n) is 11.4. The van der Waals surface area contributed by atoms with E-state index in [1.165, 1.54) is 0 Å². The molecule has 0 atom stereocenters. The van der Waals surface area contributed by atoms with Gasteiger partial charge < -0.3 is 4.74 Å². The summed E-state index contributed by atoms with van der Waals surface area (Å²) >= 11 is 0. The van der Waals surface area contributed by atoms with Gasteiger partial charge in [0, 0.05) is 26.0 Å². The quantitative estimate of drug-likeness (QED) is 0.605. The molecule has 0 spiro atoms. The van der Waals surface area contributed by atoms with Gasteiger partial charge in [-0.2, -0.15) is 0 Å². The summed E-state index contributed by atoms with van der Waals surface area (Å²) in [6.45, 7) is 2.12. The van der Waals surface area contributed by atoms with Gasteiger partial charge in [-0.1, -0.05) is 0 Å². The first kappa shape index (κ1) is 16.0. The minimum Gasteiger partial charge on any atom is -0.485 e. The van der Waals surface area contributed by atoms with Crippen LogP contribution in [0, 0.1) is 20.2 Å². The van der Waals surface area contributed by atoms with Crippen LogP contribution in [0.3, 0.4) is 0 Å². The number of hydrogen-bond acceptors (Lipinski definition) is 7. The standard InChI is InChI=1S/C11H11N3O7/c1-6(15)12(7(2)16)8-4-9(13(17)18)11(21-3)10(5-8)14(19)20/h4-5H,1-3H3. The van der Waals surface area contributed by atoms with Crippen LogP contribution in [-0.4, -0.2) is 28.8 Å². The average Bonchev–Trinajstić information content (AvgIpc) is 2.36. The van der Waals surface area contributed by atoms with Crippen molar-refractivity contribution in [3.05, 3.63) is 32.4 Å². The number of nitro groups is 2. The van der Waals surface area contributed by atoms with Crippen LogP contribution in [0.1, 0.15) is 13.8 Å². The number of benzene rings is 1. The summed E-state index contributed by atoms with van der Waals surface area (Å²) < 4.78 is 4.68. The van der Waals surface area contributed by atoms with Gasteiger partial charge in [0.25, 0.3) is 5.75 Å². The fourth-order valence-electron chi connectivity index (χ4n) is 1.78. The van der Waals surface area contributed by atoms with E-state index in [9.17, 15) is 29.8 Å². The molecule has 0 aliphatic heterocycles. The number of nitrogens with zero attached hydrogens (tertiary/aromatic N) is 3. The number of nitro benzene ring substituents is 2. The lowest BCUT2D eigenvalue weighted by atomic mass is 10.2. The number of rotatable bonds is 4. The van der Waals surface area contributed by atoms with Crippen molar-refractivity contribution in [2.75, 3.05) is 12.0 Å². The lowest BCUT2D eigenvalue weighted by Crippen LogP contribution is -2.33. The lowest BCUT2D eigenvalue weighted by molar-refractivity contribution is -0.395. The monoisotopic (exact) mass is 297 g/mol. The molecule has 0 saturated heterocycles. The summed E-state index contributed by atoms with van der Waals surface area (Å²) in [6, 6.07) is 1.74. The summed E-state index contributed by atoms with van der Waals surface area (Å²) in [5.74, 6) is -2.01. The molecule has 0 saturated carbocycles. The molecule has 0 bridgehead atoms. The Kier molecular flexibility index (Phi) is 4.53. The molecular formula is C11H11N3O7. The Balaban J connectivity index is 3.70. The molecule has 2 amide bonds. The zero-order valence-corrected chi connectivity index (χ0v) is 11.4. The first-order valence-electron chi connectivity index (χ1n) is 5.52. The molecule has 0 aliphatic rings. The van der Waals surface area contributed by atoms with Crippen LogP contribution in [-0.2, 0) is 9.59 Å². The maximum atomic E-state index is 11.4. The van der Waals surface area contributed by atoms with Crippen LogP contribution in [0.15, 0.2) is 12.1 Å². The maximum Gasteiger partial charge on any atom is 0.320 e. The predicted molar refractivity (Wildman–Crippen MR) is 70.1 cm³/mol. The minimum atomic E-state index is -0.895. The van der Waals surface area contributed by atoms with Gasteiger partial charge in [-0.25, -0.2) is 0 Å². The molecule has 0 radical (unpaired) electrons. The Morgan fingerprint density at radius 2 is 1.43 bits per heavy atom. The number of hydrogen-bond donors (Lipinski definition) is 0. The highest BCUT2D eigenvalue weighted by atomic mass is 16.6. The fourth-order valence-corrected chi connectivity index (χ4v) is 1.78. The number of amides is 2. The minimum absolute atomic E-state index is 0.269. The highest BCUT2D eigenvalue weighted by Crippen LogP contribution is 2.40. The fraction of sp³-hybridized carbons (Fsp3) is 0.273. The third-order valence-corrected chi connectivity index (χ3v) is 2.52. The second-order valence-corrected chi connectivity index (χ2v) is 3.90. The van der Waals surface area contributed by atoms with E-state index in [1.54, 1.807) is 0 Å². The predicted octanol–water partition coefficient (Wildman–Crippen LogP) is 1.41. The Morgan fingerprint density at radius 1 is 1.05 bits per heavy atom. The molecule has 0 aromatic heterocycles. The smallest absolute Gasteiger partial charge is 0.320 e. The van der Waals surface area contributed by atoms with Crippen molar-refractivity contribution in [2.45, 2.75) is 13.8 Å². The van der Waals surface area contributed by atoms with Crippen molar-refractivity contribution in [2.24, 2.45) is 0 Å². The van der Waals surface area contributed by atoms with Crippen molar-refractivity contribution >= 4 is 28.9 Å². The first-order chi connectivity index (χ1) is 9.70. The van der Waals surface area contributed by atoms with Crippen molar-refractivity contribution in [3.63, 3.8) is 0 Å². The molecule has 10 nitrogen and oxygen atoms in total. The number of carbonyl (C=O) groups is 2. The van der Waals surface area contributed by atoms with Crippen molar-refractivity contribution in [1.82, 2.24) is 0 Å². The largest absolute Gasteiger partial charge is 0.485 e. The Hall–Kier alpha value is -3.04. The van der Waals surface area contributed by atoms with Crippen LogP contribution in [0.25, 0.3) is 0 Å². The topological polar surface area (TPSA) is 133 Å². The van der Waals surface area contributed by atoms with Gasteiger partial charge in [-0.3, -0.25) is 34.7 Å². The molecule has 1 rings (SSSR count). The van der Waals surface area contributed by atoms with Crippen molar-refractivity contribution in [3.8, 4) is 5.75 Å². The maximum absolute atomic E-state index is 11.4.